The molecule has 5 aromatic carbocycles. The minimum atomic E-state index is -1.44. The van der Waals surface area contributed by atoms with Crippen molar-refractivity contribution in [1.82, 2.24) is 4.98 Å². The monoisotopic (exact) mass is 799 g/mol. The molecule has 290 valence electrons. The Bertz CT molecular complexity index is 2820. The van der Waals surface area contributed by atoms with Gasteiger partial charge in [-0.3, -0.25) is 24.1 Å². The number of rotatable bonds is 5. The molecule has 59 heavy (non-hydrogen) atoms. The predicted molar refractivity (Wildman–Crippen MR) is 219 cm³/mol. The second-order valence-electron chi connectivity index (χ2n) is 15.9. The molecule has 0 unspecified atom stereocenters. The highest BCUT2D eigenvalue weighted by molar-refractivity contribution is 6.32. The smallest absolute Gasteiger partial charge is 0.246 e. The zero-order chi connectivity index (χ0) is 40.2. The van der Waals surface area contributed by atoms with Crippen LogP contribution in [0.5, 0.6) is 11.5 Å². The molecule has 0 bridgehead atoms. The Kier molecular flexibility index (Phi) is 7.87. The number of allylic oxidation sites excluding steroid dienone is 3. The zero-order valence-electron chi connectivity index (χ0n) is 31.3. The number of nitrogens with zero attached hydrogens (tertiary/aromatic N) is 3. The molecule has 11 heteroatoms. The van der Waals surface area contributed by atoms with Crippen LogP contribution in [0.1, 0.15) is 24.0 Å². The number of anilines is 2. The summed E-state index contributed by atoms with van der Waals surface area (Å²) >= 11 is 6.46. The Morgan fingerprint density at radius 3 is 2.36 bits per heavy atom. The SMILES string of the molecule is O=C1[C@H]2[C@H](CC=C3[C@H](C4=COc5ccc(O)cc5C4)[C@]4(c5ccccc5)C(=O)N(c5cccc(Cl)c5)C(=O)[C@@H]4C[C@H]32)C(=O)N1c1ccc(-c2nc3ccccc3o2)cc1. The zero-order valence-corrected chi connectivity index (χ0v) is 32.1. The fourth-order valence-electron chi connectivity index (χ4n) is 10.6. The summed E-state index contributed by atoms with van der Waals surface area (Å²) in [6, 6.07) is 35.5. The number of para-hydroxylation sites is 2. The highest BCUT2D eigenvalue weighted by Crippen LogP contribution is 2.64. The molecule has 11 rings (SSSR count). The van der Waals surface area contributed by atoms with Gasteiger partial charge < -0.3 is 14.3 Å². The van der Waals surface area contributed by atoms with E-state index in [1.165, 1.54) is 9.80 Å². The van der Waals surface area contributed by atoms with E-state index in [0.717, 1.165) is 22.2 Å². The fraction of sp³-hybridized carbons (Fsp3) is 0.188. The molecule has 2 aliphatic carbocycles. The van der Waals surface area contributed by atoms with E-state index >= 15 is 9.59 Å². The molecule has 3 fully saturated rings. The maximum absolute atomic E-state index is 15.6. The van der Waals surface area contributed by atoms with Crippen molar-refractivity contribution in [2.24, 2.45) is 29.6 Å². The van der Waals surface area contributed by atoms with Crippen LogP contribution in [0.15, 0.2) is 149 Å². The van der Waals surface area contributed by atoms with Crippen molar-refractivity contribution in [2.45, 2.75) is 24.7 Å². The normalized spacial score (nSPS) is 25.9. The summed E-state index contributed by atoms with van der Waals surface area (Å²) in [5.74, 6) is -4.02. The summed E-state index contributed by atoms with van der Waals surface area (Å²) < 4.78 is 12.2. The van der Waals surface area contributed by atoms with E-state index in [-0.39, 0.29) is 30.4 Å². The summed E-state index contributed by atoms with van der Waals surface area (Å²) in [6.45, 7) is 0. The molecule has 6 aromatic rings. The molecular formula is C48H34ClN3O7. The topological polar surface area (TPSA) is 130 Å². The van der Waals surface area contributed by atoms with Gasteiger partial charge in [-0.1, -0.05) is 71.8 Å². The van der Waals surface area contributed by atoms with Gasteiger partial charge in [0.2, 0.25) is 29.5 Å². The molecule has 1 N–H and O–H groups in total. The average Bonchev–Trinajstić information content (AvgIpc) is 3.87. The first kappa shape index (κ1) is 35.4. The Labute approximate surface area is 343 Å². The van der Waals surface area contributed by atoms with E-state index in [1.54, 1.807) is 73.0 Å². The minimum absolute atomic E-state index is 0.0711. The third-order valence-corrected chi connectivity index (χ3v) is 13.2. The summed E-state index contributed by atoms with van der Waals surface area (Å²) in [4.78, 5) is 67.1. The number of hydrogen-bond acceptors (Lipinski definition) is 8. The number of carbonyl (C=O) groups excluding carboxylic acids is 4. The van der Waals surface area contributed by atoms with Crippen molar-refractivity contribution >= 4 is 57.7 Å². The summed E-state index contributed by atoms with van der Waals surface area (Å²) in [7, 11) is 0. The first-order valence-electron chi connectivity index (χ1n) is 19.6. The highest BCUT2D eigenvalue weighted by Gasteiger charge is 2.70. The van der Waals surface area contributed by atoms with E-state index in [4.69, 9.17) is 20.8 Å². The summed E-state index contributed by atoms with van der Waals surface area (Å²) in [5, 5.41) is 10.9. The van der Waals surface area contributed by atoms with E-state index in [1.807, 2.05) is 60.7 Å². The molecule has 2 saturated heterocycles. The Balaban J connectivity index is 1.03. The van der Waals surface area contributed by atoms with Crippen LogP contribution in [0.25, 0.3) is 22.6 Å². The number of oxazole rings is 1. The lowest BCUT2D eigenvalue weighted by Gasteiger charge is -2.51. The molecule has 0 radical (unpaired) electrons. The molecule has 3 aliphatic heterocycles. The van der Waals surface area contributed by atoms with Gasteiger partial charge in [0, 0.05) is 28.5 Å². The van der Waals surface area contributed by atoms with Crippen LogP contribution in [0.2, 0.25) is 5.02 Å². The third-order valence-electron chi connectivity index (χ3n) is 13.0. The van der Waals surface area contributed by atoms with Gasteiger partial charge in [-0.2, -0.15) is 0 Å². The van der Waals surface area contributed by atoms with Gasteiger partial charge in [0.25, 0.3) is 0 Å². The van der Waals surface area contributed by atoms with Gasteiger partial charge in [-0.15, -0.1) is 0 Å². The van der Waals surface area contributed by atoms with Crippen LogP contribution >= 0.6 is 11.6 Å². The van der Waals surface area contributed by atoms with Crippen LogP contribution in [0, 0.1) is 29.6 Å². The van der Waals surface area contributed by atoms with E-state index < -0.39 is 46.8 Å². The van der Waals surface area contributed by atoms with Crippen molar-refractivity contribution in [3.8, 4) is 23.0 Å². The van der Waals surface area contributed by atoms with Crippen molar-refractivity contribution in [3.05, 3.63) is 161 Å². The molecule has 4 heterocycles. The van der Waals surface area contributed by atoms with Crippen molar-refractivity contribution in [2.75, 3.05) is 9.80 Å². The fourth-order valence-corrected chi connectivity index (χ4v) is 10.7. The van der Waals surface area contributed by atoms with Crippen LogP contribution in [-0.4, -0.2) is 33.7 Å². The quantitative estimate of drug-likeness (QED) is 0.136. The number of aromatic nitrogens is 1. The number of amides is 4. The second-order valence-corrected chi connectivity index (χ2v) is 16.4. The van der Waals surface area contributed by atoms with Gasteiger partial charge in [0.15, 0.2) is 5.58 Å². The number of carbonyl (C=O) groups is 4. The number of imide groups is 2. The predicted octanol–water partition coefficient (Wildman–Crippen LogP) is 8.57. The van der Waals surface area contributed by atoms with Gasteiger partial charge in [0.05, 0.1) is 40.8 Å². The van der Waals surface area contributed by atoms with E-state index in [0.29, 0.717) is 51.2 Å². The first-order chi connectivity index (χ1) is 28.7. The van der Waals surface area contributed by atoms with E-state index in [2.05, 4.69) is 4.98 Å². The lowest BCUT2D eigenvalue weighted by Crippen LogP contribution is -2.55. The van der Waals surface area contributed by atoms with Gasteiger partial charge in [0.1, 0.15) is 17.0 Å². The molecule has 5 aliphatic rings. The Morgan fingerprint density at radius 1 is 0.763 bits per heavy atom. The number of phenolic OH excluding ortho intramolecular Hbond substituents is 1. The highest BCUT2D eigenvalue weighted by atomic mass is 35.5. The molecular weight excluding hydrogens is 766 g/mol. The molecule has 10 nitrogen and oxygen atoms in total. The number of halogens is 1. The number of hydrogen-bond donors (Lipinski definition) is 1. The average molecular weight is 800 g/mol. The lowest BCUT2D eigenvalue weighted by molar-refractivity contribution is -0.128. The number of aromatic hydroxyl groups is 1. The Morgan fingerprint density at radius 2 is 1.56 bits per heavy atom. The first-order valence-corrected chi connectivity index (χ1v) is 20.0. The second kappa shape index (κ2) is 13.1. The Hall–Kier alpha value is -6.78. The maximum Gasteiger partial charge on any atom is 0.246 e. The molecule has 6 atom stereocenters. The number of ether oxygens (including phenoxy) is 1. The van der Waals surface area contributed by atoms with Crippen molar-refractivity contribution < 1.29 is 33.4 Å². The minimum Gasteiger partial charge on any atom is -0.508 e. The molecule has 1 aromatic heterocycles. The van der Waals surface area contributed by atoms with Crippen molar-refractivity contribution in [3.63, 3.8) is 0 Å². The number of fused-ring (bicyclic) bond motifs is 6. The largest absolute Gasteiger partial charge is 0.508 e. The third kappa shape index (κ3) is 5.15. The molecule has 4 amide bonds. The summed E-state index contributed by atoms with van der Waals surface area (Å²) in [6.07, 6.45) is 4.44. The number of benzene rings is 5. The number of phenols is 1. The standard InChI is InChI=1S/C48H34ClN3O7/c49-30-9-6-10-32(23-30)52-45(55)37-24-36-34(42(48(37,47(52)57)29-7-2-1-3-8-29)28-21-27-22-33(53)17-20-39(27)58-25-28)18-19-35-41(36)46(56)51(44(35)54)31-15-13-26(14-16-31)43-50-38-11-4-5-12-40(38)59-43/h1-18,20,22-23,25,35-37,41-42,53H,19,21,24H2/t35-,36+,37-,41-,42-,48+/m0/s1. The summed E-state index contributed by atoms with van der Waals surface area (Å²) in [5.41, 5.74) is 4.37. The lowest BCUT2D eigenvalue weighted by atomic mass is 9.48. The van der Waals surface area contributed by atoms with Gasteiger partial charge >= 0.3 is 0 Å². The molecule has 1 saturated carbocycles. The van der Waals surface area contributed by atoms with Crippen LogP contribution in [0.4, 0.5) is 11.4 Å². The van der Waals surface area contributed by atoms with Gasteiger partial charge in [-0.25, -0.2) is 9.88 Å². The van der Waals surface area contributed by atoms with E-state index in [9.17, 15) is 14.7 Å². The van der Waals surface area contributed by atoms with Crippen molar-refractivity contribution in [1.29, 1.82) is 0 Å². The molecule has 0 spiro atoms. The van der Waals surface area contributed by atoms with Crippen LogP contribution in [-0.2, 0) is 31.0 Å². The van der Waals surface area contributed by atoms with Crippen LogP contribution < -0.4 is 14.5 Å². The van der Waals surface area contributed by atoms with Crippen LogP contribution in [0.3, 0.4) is 0 Å². The van der Waals surface area contributed by atoms with Gasteiger partial charge in [-0.05, 0) is 103 Å². The maximum atomic E-state index is 15.6.